The van der Waals surface area contributed by atoms with Crippen LogP contribution in [-0.4, -0.2) is 23.5 Å². The summed E-state index contributed by atoms with van der Waals surface area (Å²) in [7, 11) is 0. The van der Waals surface area contributed by atoms with E-state index in [1.807, 2.05) is 0 Å². The Morgan fingerprint density at radius 2 is 2.07 bits per heavy atom. The van der Waals surface area contributed by atoms with Gasteiger partial charge in [-0.25, -0.2) is 0 Å². The average molecular weight is 473 g/mol. The molecule has 0 saturated heterocycles. The number of furan rings is 1. The zero-order valence-corrected chi connectivity index (χ0v) is 17.2. The van der Waals surface area contributed by atoms with Crippen LogP contribution in [0.25, 0.3) is 6.08 Å². The summed E-state index contributed by atoms with van der Waals surface area (Å²) in [6.07, 6.45) is 2.76. The number of aryl methyl sites for hydroxylation is 1. The highest BCUT2D eigenvalue weighted by atomic mass is 79.9. The molecule has 0 aliphatic rings. The minimum atomic E-state index is -0.507. The average Bonchev–Trinajstić information content (AvgIpc) is 3.03. The zero-order chi connectivity index (χ0) is 19.8. The van der Waals surface area contributed by atoms with Gasteiger partial charge in [-0.1, -0.05) is 27.5 Å². The lowest BCUT2D eigenvalue weighted by Crippen LogP contribution is -2.49. The molecular formula is C17H15BrClN3O4S. The molecule has 0 aliphatic carbocycles. The fraction of sp³-hybridized carbons (Fsp3) is 0.118. The lowest BCUT2D eigenvalue weighted by atomic mass is 10.3. The van der Waals surface area contributed by atoms with Crippen molar-refractivity contribution in [3.8, 4) is 5.75 Å². The first-order chi connectivity index (χ1) is 12.8. The molecule has 7 nitrogen and oxygen atoms in total. The molecule has 0 radical (unpaired) electrons. The van der Waals surface area contributed by atoms with Crippen molar-refractivity contribution in [2.24, 2.45) is 0 Å². The minimum absolute atomic E-state index is 0.0738. The first-order valence-electron chi connectivity index (χ1n) is 7.55. The van der Waals surface area contributed by atoms with Gasteiger partial charge in [0.15, 0.2) is 11.7 Å². The van der Waals surface area contributed by atoms with Crippen LogP contribution < -0.4 is 20.9 Å². The van der Waals surface area contributed by atoms with Crippen LogP contribution in [0.5, 0.6) is 5.75 Å². The molecule has 0 atom stereocenters. The molecule has 0 unspecified atom stereocenters. The fourth-order valence-corrected chi connectivity index (χ4v) is 2.66. The van der Waals surface area contributed by atoms with Gasteiger partial charge in [0.25, 0.3) is 5.91 Å². The molecule has 3 N–H and O–H groups in total. The minimum Gasteiger partial charge on any atom is -0.482 e. The van der Waals surface area contributed by atoms with Crippen molar-refractivity contribution in [3.05, 3.63) is 57.4 Å². The van der Waals surface area contributed by atoms with Crippen LogP contribution in [0.4, 0.5) is 0 Å². The second-order valence-corrected chi connectivity index (χ2v) is 6.87. The van der Waals surface area contributed by atoms with E-state index in [9.17, 15) is 9.59 Å². The van der Waals surface area contributed by atoms with E-state index in [2.05, 4.69) is 32.1 Å². The Balaban J connectivity index is 1.70. The van der Waals surface area contributed by atoms with Crippen LogP contribution >= 0.6 is 39.7 Å². The number of ether oxygens (including phenoxy) is 1. The highest BCUT2D eigenvalue weighted by Gasteiger charge is 2.07. The maximum Gasteiger partial charge on any atom is 0.276 e. The summed E-state index contributed by atoms with van der Waals surface area (Å²) in [4.78, 5) is 23.5. The maximum absolute atomic E-state index is 11.7. The van der Waals surface area contributed by atoms with E-state index in [0.717, 1.165) is 10.2 Å². The predicted molar refractivity (Wildman–Crippen MR) is 109 cm³/mol. The first kappa shape index (κ1) is 20.9. The Hall–Kier alpha value is -2.36. The van der Waals surface area contributed by atoms with Crippen molar-refractivity contribution >= 4 is 62.8 Å². The number of nitrogens with one attached hydrogen (secondary N) is 3. The third kappa shape index (κ3) is 7.41. The molecule has 142 valence electrons. The van der Waals surface area contributed by atoms with Crippen molar-refractivity contribution in [3.63, 3.8) is 0 Å². The van der Waals surface area contributed by atoms with Gasteiger partial charge < -0.3 is 9.15 Å². The molecule has 0 spiro atoms. The highest BCUT2D eigenvalue weighted by molar-refractivity contribution is 9.10. The lowest BCUT2D eigenvalue weighted by Gasteiger charge is -2.11. The third-order valence-electron chi connectivity index (χ3n) is 2.96. The van der Waals surface area contributed by atoms with Gasteiger partial charge in [-0.05, 0) is 55.5 Å². The molecule has 10 heteroatoms. The smallest absolute Gasteiger partial charge is 0.276 e. The van der Waals surface area contributed by atoms with E-state index in [1.54, 1.807) is 37.3 Å². The Kier molecular flexibility index (Phi) is 7.83. The number of hydrogen-bond donors (Lipinski definition) is 3. The largest absolute Gasteiger partial charge is 0.482 e. The molecule has 1 heterocycles. The van der Waals surface area contributed by atoms with E-state index in [0.29, 0.717) is 16.5 Å². The first-order valence-corrected chi connectivity index (χ1v) is 9.13. The molecule has 2 rings (SSSR count). The molecular weight excluding hydrogens is 458 g/mol. The van der Waals surface area contributed by atoms with E-state index >= 15 is 0 Å². The number of hydrogen-bond acceptors (Lipinski definition) is 5. The number of hydrazine groups is 1. The maximum atomic E-state index is 11.7. The van der Waals surface area contributed by atoms with Crippen LogP contribution in [-0.2, 0) is 9.59 Å². The second-order valence-electron chi connectivity index (χ2n) is 5.14. The van der Waals surface area contributed by atoms with E-state index in [-0.39, 0.29) is 11.7 Å². The van der Waals surface area contributed by atoms with E-state index < -0.39 is 11.8 Å². The molecule has 0 aliphatic heterocycles. The van der Waals surface area contributed by atoms with Crippen molar-refractivity contribution in [1.29, 1.82) is 0 Å². The molecule has 1 aromatic heterocycles. The fourth-order valence-electron chi connectivity index (χ4n) is 1.78. The number of amides is 2. The zero-order valence-electron chi connectivity index (χ0n) is 14.0. The second kappa shape index (κ2) is 10.1. The summed E-state index contributed by atoms with van der Waals surface area (Å²) in [6, 6.07) is 8.52. The SMILES string of the molecule is Cc1ccc(C=CC(=O)NC(=S)NNC(=O)COc2ccc(Br)cc2Cl)o1. The molecule has 2 aromatic rings. The predicted octanol–water partition coefficient (Wildman–Crippen LogP) is 3.12. The molecule has 0 bridgehead atoms. The summed E-state index contributed by atoms with van der Waals surface area (Å²) in [5.74, 6) is 0.658. The number of halogens is 2. The molecule has 0 fully saturated rings. The third-order valence-corrected chi connectivity index (χ3v) is 3.96. The number of rotatable bonds is 5. The van der Waals surface area contributed by atoms with Crippen molar-refractivity contribution in [1.82, 2.24) is 16.2 Å². The van der Waals surface area contributed by atoms with Gasteiger partial charge >= 0.3 is 0 Å². The van der Waals surface area contributed by atoms with Gasteiger partial charge in [0.2, 0.25) is 5.91 Å². The van der Waals surface area contributed by atoms with Crippen LogP contribution in [0, 0.1) is 6.92 Å². The summed E-state index contributed by atoms with van der Waals surface area (Å²) in [6.45, 7) is 1.51. The van der Waals surface area contributed by atoms with Gasteiger partial charge in [-0.2, -0.15) is 0 Å². The van der Waals surface area contributed by atoms with E-state index in [4.69, 9.17) is 33.0 Å². The molecule has 2 amide bonds. The summed E-state index contributed by atoms with van der Waals surface area (Å²) < 4.78 is 11.4. The molecule has 1 aromatic carbocycles. The number of carbonyl (C=O) groups is 2. The van der Waals surface area contributed by atoms with Gasteiger partial charge in [-0.15, -0.1) is 0 Å². The van der Waals surface area contributed by atoms with Gasteiger partial charge in [0.1, 0.15) is 17.3 Å². The van der Waals surface area contributed by atoms with Gasteiger partial charge in [0.05, 0.1) is 5.02 Å². The van der Waals surface area contributed by atoms with Crippen molar-refractivity contribution in [2.45, 2.75) is 6.92 Å². The Morgan fingerprint density at radius 3 is 2.74 bits per heavy atom. The number of benzene rings is 1. The molecule has 27 heavy (non-hydrogen) atoms. The standard InChI is InChI=1S/C17H15BrClN3O4S/c1-10-2-4-12(26-10)5-7-15(23)20-17(27)22-21-16(24)9-25-14-6-3-11(18)8-13(14)19/h2-8H,9H2,1H3,(H,21,24)(H2,20,22,23,27). The van der Waals surface area contributed by atoms with Crippen LogP contribution in [0.3, 0.4) is 0 Å². The Labute approximate surface area is 174 Å². The monoisotopic (exact) mass is 471 g/mol. The quantitative estimate of drug-likeness (QED) is 0.352. The number of thiocarbonyl (C=S) groups is 1. The topological polar surface area (TPSA) is 92.6 Å². The summed E-state index contributed by atoms with van der Waals surface area (Å²) in [5.41, 5.74) is 4.70. The van der Waals surface area contributed by atoms with Crippen molar-refractivity contribution in [2.75, 3.05) is 6.61 Å². The summed E-state index contributed by atoms with van der Waals surface area (Å²) in [5, 5.41) is 2.67. The molecule has 0 saturated carbocycles. The van der Waals surface area contributed by atoms with Crippen LogP contribution in [0.15, 0.2) is 45.3 Å². The van der Waals surface area contributed by atoms with E-state index in [1.165, 1.54) is 12.2 Å². The van der Waals surface area contributed by atoms with Gasteiger partial charge in [-0.3, -0.25) is 25.8 Å². The van der Waals surface area contributed by atoms with Crippen LogP contribution in [0.2, 0.25) is 5.02 Å². The van der Waals surface area contributed by atoms with Crippen molar-refractivity contribution < 1.29 is 18.7 Å². The highest BCUT2D eigenvalue weighted by Crippen LogP contribution is 2.27. The lowest BCUT2D eigenvalue weighted by molar-refractivity contribution is -0.123. The Morgan fingerprint density at radius 1 is 1.30 bits per heavy atom. The number of carbonyl (C=O) groups excluding carboxylic acids is 2. The van der Waals surface area contributed by atoms with Crippen LogP contribution in [0.1, 0.15) is 11.5 Å². The van der Waals surface area contributed by atoms with Gasteiger partial charge in [0, 0.05) is 10.5 Å². The summed E-state index contributed by atoms with van der Waals surface area (Å²) >= 11 is 14.2. The normalized spacial score (nSPS) is 10.5. The Bertz CT molecular complexity index is 885.